The summed E-state index contributed by atoms with van der Waals surface area (Å²) in [5.74, 6) is -3.85. The molecule has 3 aliphatic rings. The van der Waals surface area contributed by atoms with Crippen LogP contribution in [0.5, 0.6) is 40.2 Å². The minimum Gasteiger partial charge on any atom is -1.00 e. The van der Waals surface area contributed by atoms with Crippen molar-refractivity contribution in [3.05, 3.63) is 66.2 Å². The van der Waals surface area contributed by atoms with Crippen molar-refractivity contribution in [2.24, 2.45) is 0 Å². The number of aliphatic hydroxyl groups is 9. The van der Waals surface area contributed by atoms with Crippen molar-refractivity contribution in [1.82, 2.24) is 0 Å². The number of rotatable bonds is 13. The van der Waals surface area contributed by atoms with E-state index in [0.29, 0.717) is 5.56 Å². The highest BCUT2D eigenvalue weighted by atomic mass is 35.5. The van der Waals surface area contributed by atoms with Gasteiger partial charge in [0.15, 0.2) is 23.9 Å². The lowest BCUT2D eigenvalue weighted by atomic mass is 9.98. The number of halogens is 1. The van der Waals surface area contributed by atoms with Crippen molar-refractivity contribution < 1.29 is 126 Å². The molecule has 15 atom stereocenters. The van der Waals surface area contributed by atoms with Crippen LogP contribution < -0.4 is 26.6 Å². The van der Waals surface area contributed by atoms with Gasteiger partial charge >= 0.3 is 17.3 Å². The Morgan fingerprint density at radius 1 is 0.687 bits per heavy atom. The number of hydrogen-bond donors (Lipinski definition) is 13. The van der Waals surface area contributed by atoms with E-state index in [1.807, 2.05) is 0 Å². The van der Waals surface area contributed by atoms with Crippen LogP contribution in [0.15, 0.2) is 65.1 Å². The smallest absolute Gasteiger partial charge is 0.402 e. The van der Waals surface area contributed by atoms with E-state index in [2.05, 4.69) is 0 Å². The van der Waals surface area contributed by atoms with E-state index in [0.717, 1.165) is 24.3 Å². The summed E-state index contributed by atoms with van der Waals surface area (Å²) < 4.78 is 51.3. The molecule has 3 saturated heterocycles. The summed E-state index contributed by atoms with van der Waals surface area (Å²) >= 11 is 0. The number of carbonyl (C=O) groups is 1. The molecule has 0 bridgehead atoms. The molecule has 23 nitrogen and oxygen atoms in total. The van der Waals surface area contributed by atoms with Crippen LogP contribution in [0.25, 0.3) is 28.4 Å². The Bertz CT molecular complexity index is 2370. The normalized spacial score (nSPS) is 32.1. The van der Waals surface area contributed by atoms with Crippen LogP contribution in [-0.2, 0) is 28.5 Å². The lowest BCUT2D eigenvalue weighted by Crippen LogP contribution is -3.00. The maximum Gasteiger partial charge on any atom is 0.402 e. The van der Waals surface area contributed by atoms with E-state index in [9.17, 15) is 71.2 Å². The Hall–Kier alpha value is -5.35. The first-order chi connectivity index (χ1) is 31.4. The fraction of sp³-hybridized carbons (Fsp3) is 0.442. The zero-order valence-corrected chi connectivity index (χ0v) is 36.0. The monoisotopic (exact) mass is 968 g/mol. The number of carbonyl (C=O) groups excluding carboxylic acids is 1. The summed E-state index contributed by atoms with van der Waals surface area (Å²) in [4.78, 5) is 12.6. The summed E-state index contributed by atoms with van der Waals surface area (Å²) in [5.41, 5.74) is 0.350. The minimum atomic E-state index is -2.01. The van der Waals surface area contributed by atoms with E-state index in [4.69, 9.17) is 42.3 Å². The summed E-state index contributed by atoms with van der Waals surface area (Å²) in [7, 11) is 1.20. The minimum absolute atomic E-state index is 0. The van der Waals surface area contributed by atoms with Crippen LogP contribution in [0.4, 0.5) is 0 Å². The van der Waals surface area contributed by atoms with Gasteiger partial charge in [0.1, 0.15) is 83.7 Å². The number of benzene rings is 3. The van der Waals surface area contributed by atoms with Crippen molar-refractivity contribution in [1.29, 1.82) is 0 Å². The Balaban J connectivity index is 0.00000741. The molecule has 366 valence electrons. The van der Waals surface area contributed by atoms with Gasteiger partial charge in [-0.25, -0.2) is 9.21 Å². The molecule has 1 aromatic heterocycles. The standard InChI is InChI=1S/C43H48O23.ClH/c1-16-39(66-29(48)8-5-17-3-6-19(45)7-4-17)35(54)38(57)41(60-16)59-15-28-32(51)34(53)37(56)43(65-28)63-26-13-21-23(61-40(26)18-9-22(47)30(49)25(10-18)58-2)11-20(46)12-24(21)62-42-36(55)33(52)31(50)27(14-44)64-42;/h3-13,16,27-28,31-39,41-44,50-57H,14-15H2,1-2H3,(H3-,45,46,47,48,49);1H/t16-,27+,28+,31+,32+,33-,34-,35-,36+,37+,38+,39-,41?,42?,43?;/m0./s1. The van der Waals surface area contributed by atoms with Crippen molar-refractivity contribution in [2.45, 2.75) is 99.0 Å². The fourth-order valence-corrected chi connectivity index (χ4v) is 7.42. The molecule has 0 saturated carbocycles. The number of esters is 1. The second kappa shape index (κ2) is 21.3. The van der Waals surface area contributed by atoms with Crippen LogP contribution in [0.3, 0.4) is 0 Å². The third-order valence-corrected chi connectivity index (χ3v) is 11.1. The van der Waals surface area contributed by atoms with Gasteiger partial charge in [-0.1, -0.05) is 12.1 Å². The zero-order valence-electron chi connectivity index (χ0n) is 35.2. The Kier molecular flexibility index (Phi) is 16.2. The second-order valence-corrected chi connectivity index (χ2v) is 15.6. The number of aliphatic hydroxyl groups excluding tert-OH is 9. The van der Waals surface area contributed by atoms with Crippen LogP contribution in [0, 0.1) is 0 Å². The van der Waals surface area contributed by atoms with E-state index < -0.39 is 129 Å². The Labute approximate surface area is 385 Å². The molecule has 0 spiro atoms. The summed E-state index contributed by atoms with van der Waals surface area (Å²) in [6, 6.07) is 11.6. The predicted molar refractivity (Wildman–Crippen MR) is 219 cm³/mol. The van der Waals surface area contributed by atoms with Crippen LogP contribution in [0.1, 0.15) is 12.5 Å². The number of fused-ring (bicyclic) bond motifs is 1. The average molecular weight is 969 g/mol. The molecular weight excluding hydrogens is 920 g/mol. The summed E-state index contributed by atoms with van der Waals surface area (Å²) in [6.45, 7) is -0.0302. The topological polar surface area (TPSA) is 365 Å². The molecule has 13 N–H and O–H groups in total. The third-order valence-electron chi connectivity index (χ3n) is 11.1. The van der Waals surface area contributed by atoms with Crippen LogP contribution in [0.2, 0.25) is 0 Å². The molecule has 3 unspecified atom stereocenters. The van der Waals surface area contributed by atoms with Crippen molar-refractivity contribution in [3.8, 4) is 51.6 Å². The van der Waals surface area contributed by atoms with E-state index in [-0.39, 0.29) is 57.7 Å². The Morgan fingerprint density at radius 2 is 1.30 bits per heavy atom. The van der Waals surface area contributed by atoms with E-state index in [1.54, 1.807) is 12.1 Å². The number of hydrogen-bond acceptors (Lipinski definition) is 22. The molecule has 24 heteroatoms. The maximum absolute atomic E-state index is 12.6. The van der Waals surface area contributed by atoms with E-state index >= 15 is 0 Å². The number of ether oxygens (including phenoxy) is 8. The molecule has 4 heterocycles. The zero-order chi connectivity index (χ0) is 47.7. The van der Waals surface area contributed by atoms with Gasteiger partial charge in [0, 0.05) is 30.3 Å². The quantitative estimate of drug-likeness (QED) is 0.0261. The van der Waals surface area contributed by atoms with Crippen molar-refractivity contribution in [2.75, 3.05) is 20.3 Å². The number of aromatic hydroxyl groups is 4. The average Bonchev–Trinajstić information content (AvgIpc) is 3.29. The molecule has 7 rings (SSSR count). The summed E-state index contributed by atoms with van der Waals surface area (Å²) in [5, 5.41) is 137. The Morgan fingerprint density at radius 3 is 1.94 bits per heavy atom. The first-order valence-electron chi connectivity index (χ1n) is 20.3. The van der Waals surface area contributed by atoms with E-state index in [1.165, 1.54) is 44.4 Å². The molecule has 3 aromatic carbocycles. The lowest BCUT2D eigenvalue weighted by molar-refractivity contribution is -0.319. The first kappa shape index (κ1) is 51.0. The van der Waals surface area contributed by atoms with Crippen molar-refractivity contribution in [3.63, 3.8) is 0 Å². The molecule has 0 amide bonds. The van der Waals surface area contributed by atoms with Crippen LogP contribution >= 0.6 is 0 Å². The SMILES string of the molecule is COc1cc(-c2[o+]c3cc(O)cc(OC4O[C@H](CO)[C@@H](O)[C@H](O)[C@H]4O)c3cc2OC2O[C@H](COC3O[C@@H](C)[C@H](OC(=O)C=Cc4ccc(O)cc4)[C@@H](O)[C@H]3O)[C@@H](O)[C@H](O)[C@H]2O)cc(O)c1O.[Cl-]. The van der Waals surface area contributed by atoms with Crippen LogP contribution in [-0.4, -0.2) is 185 Å². The van der Waals surface area contributed by atoms with Gasteiger partial charge in [0.2, 0.25) is 24.1 Å². The highest BCUT2D eigenvalue weighted by Gasteiger charge is 2.50. The van der Waals surface area contributed by atoms with Gasteiger partial charge in [0.25, 0.3) is 0 Å². The largest absolute Gasteiger partial charge is 1.00 e. The van der Waals surface area contributed by atoms with Gasteiger partial charge in [-0.3, -0.25) is 0 Å². The molecule has 67 heavy (non-hydrogen) atoms. The highest BCUT2D eigenvalue weighted by molar-refractivity contribution is 5.89. The molecule has 0 aliphatic carbocycles. The lowest BCUT2D eigenvalue weighted by Gasteiger charge is -2.42. The number of phenolic OH excluding ortho intramolecular Hbond substituents is 4. The van der Waals surface area contributed by atoms with Gasteiger partial charge in [0.05, 0.1) is 38.1 Å². The highest BCUT2D eigenvalue weighted by Crippen LogP contribution is 2.46. The first-order valence-corrected chi connectivity index (χ1v) is 20.3. The van der Waals surface area contributed by atoms with Gasteiger partial charge in [-0.2, -0.15) is 0 Å². The molecule has 0 radical (unpaired) electrons. The second-order valence-electron chi connectivity index (χ2n) is 15.6. The third kappa shape index (κ3) is 10.9. The fourth-order valence-electron chi connectivity index (χ4n) is 7.42. The molecule has 3 fully saturated rings. The van der Waals surface area contributed by atoms with Gasteiger partial charge in [-0.15, -0.1) is 0 Å². The van der Waals surface area contributed by atoms with Gasteiger partial charge in [-0.05, 0) is 30.7 Å². The number of phenols is 4. The van der Waals surface area contributed by atoms with Gasteiger partial charge < -0.3 is 117 Å². The molecule has 4 aromatic rings. The van der Waals surface area contributed by atoms with Crippen molar-refractivity contribution >= 4 is 23.0 Å². The predicted octanol–water partition coefficient (Wildman–Crippen LogP) is -4.31. The molecule has 3 aliphatic heterocycles. The number of methoxy groups -OCH3 is 1. The summed E-state index contributed by atoms with van der Waals surface area (Å²) in [6.07, 6.45) is -23.0. The maximum atomic E-state index is 12.6. The molecular formula is C43H49ClO23.